The summed E-state index contributed by atoms with van der Waals surface area (Å²) in [4.78, 5) is 0. The first kappa shape index (κ1) is 18.9. The summed E-state index contributed by atoms with van der Waals surface area (Å²) >= 11 is 0. The average Bonchev–Trinajstić information content (AvgIpc) is 2.76. The maximum Gasteiger partial charge on any atom is 0.0363 e. The van der Waals surface area contributed by atoms with Crippen LogP contribution in [0.25, 0.3) is 0 Å². The molecule has 2 heterocycles. The molecule has 0 aromatic heterocycles. The van der Waals surface area contributed by atoms with E-state index in [1.165, 1.54) is 34.2 Å². The zero-order chi connectivity index (χ0) is 19.2. The monoisotopic (exact) mass is 370 g/mol. The van der Waals surface area contributed by atoms with E-state index in [-0.39, 0.29) is 0 Å². The van der Waals surface area contributed by atoms with E-state index in [0.717, 1.165) is 25.9 Å². The molecule has 0 aliphatic carbocycles. The summed E-state index contributed by atoms with van der Waals surface area (Å²) in [5.74, 6) is 0. The van der Waals surface area contributed by atoms with Gasteiger partial charge in [-0.3, -0.25) is 0 Å². The average molecular weight is 371 g/mol. The number of rotatable bonds is 2. The zero-order valence-electron chi connectivity index (χ0n) is 16.7. The summed E-state index contributed by atoms with van der Waals surface area (Å²) in [6.07, 6.45) is 3.42. The van der Waals surface area contributed by atoms with E-state index in [4.69, 9.17) is 0 Å². The van der Waals surface area contributed by atoms with Gasteiger partial charge >= 0.3 is 0 Å². The summed E-state index contributed by atoms with van der Waals surface area (Å²) in [6, 6.07) is 29.2. The highest BCUT2D eigenvalue weighted by molar-refractivity contribution is 5.34. The molecule has 28 heavy (non-hydrogen) atoms. The Morgan fingerprint density at radius 1 is 0.679 bits per heavy atom. The number of benzene rings is 3. The van der Waals surface area contributed by atoms with Crippen LogP contribution in [-0.2, 0) is 19.3 Å². The SMILES string of the molecule is CC1NCCc2ccccc21.c1ccc(C[C@@H]2NCCc3ccccc32)cc1. The Kier molecular flexibility index (Phi) is 6.20. The van der Waals surface area contributed by atoms with E-state index in [0.29, 0.717) is 12.1 Å². The topological polar surface area (TPSA) is 24.1 Å². The van der Waals surface area contributed by atoms with Crippen LogP contribution in [0.3, 0.4) is 0 Å². The quantitative estimate of drug-likeness (QED) is 0.663. The third kappa shape index (κ3) is 4.52. The number of fused-ring (bicyclic) bond motifs is 2. The van der Waals surface area contributed by atoms with Crippen molar-refractivity contribution >= 4 is 0 Å². The molecule has 2 nitrogen and oxygen atoms in total. The molecule has 0 radical (unpaired) electrons. The molecule has 0 amide bonds. The Morgan fingerprint density at radius 2 is 1.25 bits per heavy atom. The van der Waals surface area contributed by atoms with E-state index in [1.54, 1.807) is 0 Å². The molecule has 0 saturated carbocycles. The first-order chi connectivity index (χ1) is 13.8. The first-order valence-corrected chi connectivity index (χ1v) is 10.5. The summed E-state index contributed by atoms with van der Waals surface area (Å²) in [7, 11) is 0. The molecule has 2 heteroatoms. The fourth-order valence-corrected chi connectivity index (χ4v) is 4.34. The second-order valence-corrected chi connectivity index (χ2v) is 7.77. The van der Waals surface area contributed by atoms with Crippen molar-refractivity contribution in [2.45, 2.75) is 38.3 Å². The molecule has 5 rings (SSSR count). The second-order valence-electron chi connectivity index (χ2n) is 7.77. The zero-order valence-corrected chi connectivity index (χ0v) is 16.7. The van der Waals surface area contributed by atoms with Gasteiger partial charge in [0.15, 0.2) is 0 Å². The van der Waals surface area contributed by atoms with E-state index in [9.17, 15) is 0 Å². The molecule has 3 aromatic rings. The highest BCUT2D eigenvalue weighted by Crippen LogP contribution is 2.25. The van der Waals surface area contributed by atoms with Gasteiger partial charge in [-0.15, -0.1) is 0 Å². The Labute approximate surface area is 169 Å². The fourth-order valence-electron chi connectivity index (χ4n) is 4.34. The third-order valence-electron chi connectivity index (χ3n) is 5.86. The molecule has 0 fully saturated rings. The van der Waals surface area contributed by atoms with Crippen LogP contribution in [0.4, 0.5) is 0 Å². The van der Waals surface area contributed by atoms with E-state index in [1.807, 2.05) is 0 Å². The van der Waals surface area contributed by atoms with Crippen LogP contribution in [0, 0.1) is 0 Å². The van der Waals surface area contributed by atoms with Gasteiger partial charge in [0.2, 0.25) is 0 Å². The molecular weight excluding hydrogens is 340 g/mol. The lowest BCUT2D eigenvalue weighted by atomic mass is 9.90. The highest BCUT2D eigenvalue weighted by atomic mass is 14.9. The van der Waals surface area contributed by atoms with E-state index < -0.39 is 0 Å². The largest absolute Gasteiger partial charge is 0.310 e. The third-order valence-corrected chi connectivity index (χ3v) is 5.86. The van der Waals surface area contributed by atoms with Crippen LogP contribution in [0.15, 0.2) is 78.9 Å². The van der Waals surface area contributed by atoms with Crippen molar-refractivity contribution in [3.63, 3.8) is 0 Å². The van der Waals surface area contributed by atoms with Crippen LogP contribution in [0.1, 0.15) is 46.8 Å². The van der Waals surface area contributed by atoms with Gasteiger partial charge in [0.05, 0.1) is 0 Å². The molecule has 0 saturated heterocycles. The Hall–Kier alpha value is -2.42. The molecule has 3 aromatic carbocycles. The van der Waals surface area contributed by atoms with Gasteiger partial charge in [0, 0.05) is 12.1 Å². The standard InChI is InChI=1S/C16H17N.C10H13N/c1-2-6-13(7-3-1)12-16-15-9-5-4-8-14(15)10-11-17-16;1-8-10-5-3-2-4-9(10)6-7-11-8/h1-9,16-17H,10-12H2;2-5,8,11H,6-7H2,1H3/t16-;/m0./s1. The minimum atomic E-state index is 0.474. The lowest BCUT2D eigenvalue weighted by Gasteiger charge is -2.27. The van der Waals surface area contributed by atoms with Gasteiger partial charge < -0.3 is 10.6 Å². The maximum absolute atomic E-state index is 3.62. The van der Waals surface area contributed by atoms with Crippen LogP contribution in [0.2, 0.25) is 0 Å². The minimum Gasteiger partial charge on any atom is -0.310 e. The van der Waals surface area contributed by atoms with Crippen molar-refractivity contribution in [3.05, 3.63) is 107 Å². The number of hydrogen-bond donors (Lipinski definition) is 2. The highest BCUT2D eigenvalue weighted by Gasteiger charge is 2.19. The molecular formula is C26H30N2. The maximum atomic E-state index is 3.62. The summed E-state index contributed by atoms with van der Waals surface area (Å²) < 4.78 is 0. The molecule has 2 aliphatic rings. The molecule has 144 valence electrons. The van der Waals surface area contributed by atoms with E-state index >= 15 is 0 Å². The molecule has 0 spiro atoms. The number of hydrogen-bond acceptors (Lipinski definition) is 2. The normalized spacial score (nSPS) is 20.3. The van der Waals surface area contributed by atoms with Gasteiger partial charge in [-0.2, -0.15) is 0 Å². The molecule has 2 aliphatic heterocycles. The van der Waals surface area contributed by atoms with Crippen LogP contribution in [-0.4, -0.2) is 13.1 Å². The van der Waals surface area contributed by atoms with Crippen molar-refractivity contribution in [2.24, 2.45) is 0 Å². The predicted octanol–water partition coefficient (Wildman–Crippen LogP) is 5.01. The summed E-state index contributed by atoms with van der Waals surface area (Å²) in [5, 5.41) is 7.06. The fraction of sp³-hybridized carbons (Fsp3) is 0.308. The molecule has 0 bridgehead atoms. The van der Waals surface area contributed by atoms with Crippen LogP contribution >= 0.6 is 0 Å². The van der Waals surface area contributed by atoms with Gasteiger partial charge in [-0.05, 0) is 67.1 Å². The molecule has 2 N–H and O–H groups in total. The van der Waals surface area contributed by atoms with Crippen molar-refractivity contribution in [1.82, 2.24) is 10.6 Å². The second kappa shape index (κ2) is 9.18. The smallest absolute Gasteiger partial charge is 0.0363 e. The Bertz CT molecular complexity index is 888. The van der Waals surface area contributed by atoms with Gasteiger partial charge in [0.25, 0.3) is 0 Å². The van der Waals surface area contributed by atoms with Crippen molar-refractivity contribution < 1.29 is 0 Å². The van der Waals surface area contributed by atoms with Crippen molar-refractivity contribution in [3.8, 4) is 0 Å². The van der Waals surface area contributed by atoms with Gasteiger partial charge in [0.1, 0.15) is 0 Å². The molecule has 2 atom stereocenters. The van der Waals surface area contributed by atoms with Crippen LogP contribution in [0.5, 0.6) is 0 Å². The Balaban J connectivity index is 0.000000151. The van der Waals surface area contributed by atoms with Gasteiger partial charge in [-0.1, -0.05) is 78.9 Å². The first-order valence-electron chi connectivity index (χ1n) is 10.5. The summed E-state index contributed by atoms with van der Waals surface area (Å²) in [5.41, 5.74) is 7.37. The number of nitrogens with one attached hydrogen (secondary N) is 2. The minimum absolute atomic E-state index is 0.474. The van der Waals surface area contributed by atoms with Gasteiger partial charge in [-0.25, -0.2) is 0 Å². The van der Waals surface area contributed by atoms with Crippen molar-refractivity contribution in [1.29, 1.82) is 0 Å². The molecule has 1 unspecified atom stereocenters. The van der Waals surface area contributed by atoms with Crippen molar-refractivity contribution in [2.75, 3.05) is 13.1 Å². The van der Waals surface area contributed by atoms with Crippen LogP contribution < -0.4 is 10.6 Å². The lowest BCUT2D eigenvalue weighted by Crippen LogP contribution is -2.31. The lowest BCUT2D eigenvalue weighted by molar-refractivity contribution is 0.502. The summed E-state index contributed by atoms with van der Waals surface area (Å²) in [6.45, 7) is 4.44. The Morgan fingerprint density at radius 3 is 1.96 bits per heavy atom. The predicted molar refractivity (Wildman–Crippen MR) is 118 cm³/mol. The van der Waals surface area contributed by atoms with E-state index in [2.05, 4.69) is 96.4 Å².